The molecule has 0 aromatic heterocycles. The van der Waals surface area contributed by atoms with Crippen LogP contribution in [0.15, 0.2) is 0 Å². The van der Waals surface area contributed by atoms with Gasteiger partial charge in [0.05, 0.1) is 0 Å². The van der Waals surface area contributed by atoms with Crippen molar-refractivity contribution in [3.05, 3.63) is 0 Å². The Morgan fingerprint density at radius 1 is 0.727 bits per heavy atom. The Labute approximate surface area is 140 Å². The molecule has 0 saturated heterocycles. The predicted molar refractivity (Wildman–Crippen MR) is 96.6 cm³/mol. The SMILES string of the molecule is CC1CCC(C(C)C)C([Si](=O)C2CC(C)CCC2C(C)C)C1. The van der Waals surface area contributed by atoms with Gasteiger partial charge < -0.3 is 4.46 Å². The fourth-order valence-corrected chi connectivity index (χ4v) is 9.10. The zero-order chi connectivity index (χ0) is 16.4. The molecular weight excluding hydrogens is 284 g/mol. The minimum atomic E-state index is -1.49. The zero-order valence-electron chi connectivity index (χ0n) is 15.8. The van der Waals surface area contributed by atoms with Gasteiger partial charge in [-0.3, -0.25) is 0 Å². The molecule has 0 spiro atoms. The van der Waals surface area contributed by atoms with E-state index in [0.717, 1.165) is 11.8 Å². The van der Waals surface area contributed by atoms with Crippen LogP contribution in [-0.2, 0) is 4.46 Å². The lowest BCUT2D eigenvalue weighted by atomic mass is 9.76. The van der Waals surface area contributed by atoms with Crippen LogP contribution in [-0.4, -0.2) is 8.68 Å². The van der Waals surface area contributed by atoms with E-state index in [9.17, 15) is 4.46 Å². The lowest BCUT2D eigenvalue weighted by Crippen LogP contribution is -2.37. The molecule has 0 aliphatic heterocycles. The van der Waals surface area contributed by atoms with Crippen LogP contribution in [0, 0.1) is 35.5 Å². The Morgan fingerprint density at radius 3 is 1.41 bits per heavy atom. The van der Waals surface area contributed by atoms with Crippen LogP contribution in [0.25, 0.3) is 0 Å². The van der Waals surface area contributed by atoms with Gasteiger partial charge in [-0.1, -0.05) is 54.4 Å². The molecule has 2 rings (SSSR count). The van der Waals surface area contributed by atoms with Crippen molar-refractivity contribution in [2.75, 3.05) is 0 Å². The summed E-state index contributed by atoms with van der Waals surface area (Å²) in [7, 11) is -1.49. The molecule has 2 heteroatoms. The largest absolute Gasteiger partial charge is 0.388 e. The molecule has 0 heterocycles. The van der Waals surface area contributed by atoms with Crippen molar-refractivity contribution in [1.29, 1.82) is 0 Å². The van der Waals surface area contributed by atoms with Crippen LogP contribution in [0.5, 0.6) is 0 Å². The highest BCUT2D eigenvalue weighted by Crippen LogP contribution is 2.49. The topological polar surface area (TPSA) is 17.1 Å². The van der Waals surface area contributed by atoms with Crippen molar-refractivity contribution in [3.8, 4) is 0 Å². The highest BCUT2D eigenvalue weighted by molar-refractivity contribution is 6.47. The minimum Gasteiger partial charge on any atom is -0.388 e. The van der Waals surface area contributed by atoms with Crippen molar-refractivity contribution in [2.24, 2.45) is 35.5 Å². The van der Waals surface area contributed by atoms with Gasteiger partial charge in [0.2, 0.25) is 0 Å². The third-order valence-corrected chi connectivity index (χ3v) is 9.56. The molecule has 0 aromatic carbocycles. The Bertz CT molecular complexity index is 342. The monoisotopic (exact) mass is 322 g/mol. The first-order chi connectivity index (χ1) is 10.3. The molecule has 22 heavy (non-hydrogen) atoms. The zero-order valence-corrected chi connectivity index (χ0v) is 16.8. The van der Waals surface area contributed by atoms with E-state index in [0.29, 0.717) is 34.8 Å². The first-order valence-electron chi connectivity index (χ1n) is 9.84. The van der Waals surface area contributed by atoms with Crippen molar-refractivity contribution in [1.82, 2.24) is 0 Å². The molecule has 0 bridgehead atoms. The highest BCUT2D eigenvalue weighted by atomic mass is 28.3. The van der Waals surface area contributed by atoms with E-state index >= 15 is 0 Å². The fraction of sp³-hybridized carbons (Fsp3) is 1.00. The maximum Gasteiger partial charge on any atom is 0.283 e. The molecular formula is C20H38OSi. The maximum atomic E-state index is 13.7. The Kier molecular flexibility index (Phi) is 6.45. The number of rotatable bonds is 4. The van der Waals surface area contributed by atoms with Crippen LogP contribution in [0.4, 0.5) is 0 Å². The highest BCUT2D eigenvalue weighted by Gasteiger charge is 2.44. The molecule has 0 radical (unpaired) electrons. The second-order valence-corrected chi connectivity index (χ2v) is 11.6. The van der Waals surface area contributed by atoms with Crippen molar-refractivity contribution in [2.45, 2.75) is 91.1 Å². The Hall–Kier alpha value is 0.0169. The standard InChI is InChI=1S/C20H38OSi/c1-13(2)17-9-7-15(5)11-19(17)22(21)20-12-16(6)8-10-18(20)14(3)4/h13-20H,7-12H2,1-6H3. The van der Waals surface area contributed by atoms with Crippen LogP contribution in [0.3, 0.4) is 0 Å². The lowest BCUT2D eigenvalue weighted by Gasteiger charge is -2.42. The average molecular weight is 323 g/mol. The molecule has 6 atom stereocenters. The molecule has 0 N–H and O–H groups in total. The van der Waals surface area contributed by atoms with E-state index in [1.54, 1.807) is 0 Å². The molecule has 2 aliphatic rings. The summed E-state index contributed by atoms with van der Waals surface area (Å²) in [5.41, 5.74) is 1.07. The van der Waals surface area contributed by atoms with Crippen LogP contribution in [0.2, 0.25) is 11.1 Å². The summed E-state index contributed by atoms with van der Waals surface area (Å²) in [5.74, 6) is 4.40. The lowest BCUT2D eigenvalue weighted by molar-refractivity contribution is 0.200. The first-order valence-corrected chi connectivity index (χ1v) is 11.4. The van der Waals surface area contributed by atoms with Gasteiger partial charge in [0.15, 0.2) is 0 Å². The maximum absolute atomic E-state index is 13.7. The summed E-state index contributed by atoms with van der Waals surface area (Å²) in [5, 5.41) is 0. The smallest absolute Gasteiger partial charge is 0.283 e. The van der Waals surface area contributed by atoms with Gasteiger partial charge in [0.25, 0.3) is 8.68 Å². The molecule has 1 nitrogen and oxygen atoms in total. The predicted octanol–water partition coefficient (Wildman–Crippen LogP) is 6.33. The van der Waals surface area contributed by atoms with Crippen LogP contribution in [0.1, 0.15) is 80.1 Å². The Balaban J connectivity index is 2.18. The van der Waals surface area contributed by atoms with Gasteiger partial charge >= 0.3 is 0 Å². The first kappa shape index (κ1) is 18.4. The van der Waals surface area contributed by atoms with Gasteiger partial charge in [-0.25, -0.2) is 0 Å². The van der Waals surface area contributed by atoms with Gasteiger partial charge in [0.1, 0.15) is 0 Å². The summed E-state index contributed by atoms with van der Waals surface area (Å²) in [6.45, 7) is 14.2. The minimum absolute atomic E-state index is 0.533. The van der Waals surface area contributed by atoms with Crippen LogP contribution < -0.4 is 0 Å². The summed E-state index contributed by atoms with van der Waals surface area (Å²) in [6.07, 6.45) is 7.79. The van der Waals surface area contributed by atoms with Gasteiger partial charge in [-0.2, -0.15) is 0 Å². The summed E-state index contributed by atoms with van der Waals surface area (Å²) < 4.78 is 13.7. The van der Waals surface area contributed by atoms with E-state index in [1.807, 2.05) is 0 Å². The fourth-order valence-electron chi connectivity index (χ4n) is 5.33. The van der Waals surface area contributed by atoms with E-state index in [4.69, 9.17) is 0 Å². The summed E-state index contributed by atoms with van der Waals surface area (Å²) in [6, 6.07) is 0. The molecule has 0 aromatic rings. The van der Waals surface area contributed by atoms with Gasteiger partial charge in [-0.15, -0.1) is 0 Å². The summed E-state index contributed by atoms with van der Waals surface area (Å²) in [4.78, 5) is 0. The third-order valence-electron chi connectivity index (χ3n) is 6.78. The molecule has 2 saturated carbocycles. The molecule has 128 valence electrons. The number of hydrogen-bond donors (Lipinski definition) is 0. The van der Waals surface area contributed by atoms with E-state index in [-0.39, 0.29) is 0 Å². The van der Waals surface area contributed by atoms with Gasteiger partial charge in [0, 0.05) is 11.1 Å². The average Bonchev–Trinajstić information content (AvgIpc) is 2.45. The van der Waals surface area contributed by atoms with E-state index in [2.05, 4.69) is 41.5 Å². The second kappa shape index (κ2) is 7.72. The molecule has 6 unspecified atom stereocenters. The second-order valence-electron chi connectivity index (χ2n) is 9.27. The number of hydrogen-bond acceptors (Lipinski definition) is 1. The molecule has 0 amide bonds. The van der Waals surface area contributed by atoms with Gasteiger partial charge in [-0.05, 0) is 61.2 Å². The molecule has 2 fully saturated rings. The normalized spacial score (nSPS) is 40.2. The Morgan fingerprint density at radius 2 is 1.09 bits per heavy atom. The summed E-state index contributed by atoms with van der Waals surface area (Å²) >= 11 is 0. The van der Waals surface area contributed by atoms with Crippen molar-refractivity contribution < 1.29 is 4.46 Å². The van der Waals surface area contributed by atoms with Crippen molar-refractivity contribution in [3.63, 3.8) is 0 Å². The van der Waals surface area contributed by atoms with Crippen molar-refractivity contribution >= 4 is 8.68 Å². The van der Waals surface area contributed by atoms with E-state index in [1.165, 1.54) is 38.5 Å². The molecule has 2 aliphatic carbocycles. The van der Waals surface area contributed by atoms with E-state index < -0.39 is 8.68 Å². The third kappa shape index (κ3) is 4.10. The quantitative estimate of drug-likeness (QED) is 0.552. The van der Waals surface area contributed by atoms with Crippen LogP contribution >= 0.6 is 0 Å².